The smallest absolute Gasteiger partial charge is 0.333 e. The number of rotatable bonds is 5. The molecular weight excluding hydrogens is 216 g/mol. The zero-order chi connectivity index (χ0) is 11.8. The van der Waals surface area contributed by atoms with Gasteiger partial charge in [-0.25, -0.2) is 0 Å². The molecule has 0 bridgehead atoms. The van der Waals surface area contributed by atoms with Crippen LogP contribution in [0.2, 0.25) is 0 Å². The van der Waals surface area contributed by atoms with Gasteiger partial charge in [0.05, 0.1) is 12.2 Å². The summed E-state index contributed by atoms with van der Waals surface area (Å²) in [5.74, 6) is -2.15. The molecule has 0 aromatic rings. The van der Waals surface area contributed by atoms with Crippen molar-refractivity contribution >= 4 is 23.8 Å². The van der Waals surface area contributed by atoms with Gasteiger partial charge >= 0.3 is 5.97 Å². The lowest BCUT2D eigenvalue weighted by molar-refractivity contribution is -0.152. The Morgan fingerprint density at radius 2 is 2.13 bits per heavy atom. The highest BCUT2D eigenvalue weighted by Gasteiger charge is 2.28. The molecule has 0 fully saturated rings. The second kappa shape index (κ2) is 7.12. The molecule has 0 saturated heterocycles. The van der Waals surface area contributed by atoms with E-state index in [1.807, 2.05) is 6.92 Å². The van der Waals surface area contributed by atoms with Crippen LogP contribution in [0.1, 0.15) is 20.8 Å². The van der Waals surface area contributed by atoms with Crippen LogP contribution < -0.4 is 4.72 Å². The Balaban J connectivity index is 4.30. The first-order valence-electron chi connectivity index (χ1n) is 4.54. The van der Waals surface area contributed by atoms with E-state index in [1.54, 1.807) is 19.9 Å². The van der Waals surface area contributed by atoms with Crippen LogP contribution in [0.3, 0.4) is 0 Å². The fraction of sp³-hybridized carbons (Fsp3) is 0.667. The van der Waals surface area contributed by atoms with Gasteiger partial charge in [-0.3, -0.25) is 14.3 Å². The van der Waals surface area contributed by atoms with E-state index in [4.69, 9.17) is 10.00 Å². The van der Waals surface area contributed by atoms with Gasteiger partial charge in [0.2, 0.25) is 5.92 Å². The first kappa shape index (κ1) is 13.8. The number of carbonyl (C=O) groups is 2. The summed E-state index contributed by atoms with van der Waals surface area (Å²) in [6.45, 7) is 5.16. The van der Waals surface area contributed by atoms with E-state index in [2.05, 4.69) is 4.72 Å². The van der Waals surface area contributed by atoms with Crippen LogP contribution in [0.15, 0.2) is 0 Å². The van der Waals surface area contributed by atoms with E-state index in [1.165, 1.54) is 0 Å². The number of nitrogens with one attached hydrogen (secondary N) is 1. The SMILES string of the molecule is CCSNC(=O)C(C#N)C(=O)OC(C)C. The highest BCUT2D eigenvalue weighted by molar-refractivity contribution is 7.97. The average molecular weight is 230 g/mol. The number of hydrogen-bond donors (Lipinski definition) is 1. The summed E-state index contributed by atoms with van der Waals surface area (Å²) in [6, 6.07) is 1.62. The van der Waals surface area contributed by atoms with E-state index < -0.39 is 17.8 Å². The van der Waals surface area contributed by atoms with E-state index in [0.29, 0.717) is 5.75 Å². The summed E-state index contributed by atoms with van der Waals surface area (Å²) < 4.78 is 7.16. The Hall–Kier alpha value is -1.22. The molecule has 0 rings (SSSR count). The number of carbonyl (C=O) groups excluding carboxylic acids is 2. The minimum atomic E-state index is -1.38. The van der Waals surface area contributed by atoms with E-state index >= 15 is 0 Å². The monoisotopic (exact) mass is 230 g/mol. The number of esters is 1. The quantitative estimate of drug-likeness (QED) is 0.430. The van der Waals surface area contributed by atoms with Crippen molar-refractivity contribution in [2.24, 2.45) is 5.92 Å². The molecule has 1 atom stereocenters. The lowest BCUT2D eigenvalue weighted by atomic mass is 10.1. The van der Waals surface area contributed by atoms with Gasteiger partial charge in [-0.1, -0.05) is 18.9 Å². The number of nitrogens with zero attached hydrogens (tertiary/aromatic N) is 1. The molecule has 0 saturated carbocycles. The van der Waals surface area contributed by atoms with Gasteiger partial charge in [-0.05, 0) is 13.8 Å². The zero-order valence-electron chi connectivity index (χ0n) is 8.94. The van der Waals surface area contributed by atoms with Crippen molar-refractivity contribution < 1.29 is 14.3 Å². The summed E-state index contributed by atoms with van der Waals surface area (Å²) in [7, 11) is 0. The van der Waals surface area contributed by atoms with Crippen LogP contribution in [0.4, 0.5) is 0 Å². The van der Waals surface area contributed by atoms with Gasteiger partial charge in [0.1, 0.15) is 0 Å². The first-order chi connectivity index (χ1) is 7.02. The van der Waals surface area contributed by atoms with Crippen LogP contribution in [-0.4, -0.2) is 23.7 Å². The van der Waals surface area contributed by atoms with Gasteiger partial charge in [0, 0.05) is 5.75 Å². The second-order valence-corrected chi connectivity index (χ2v) is 4.02. The molecule has 0 aromatic heterocycles. The number of amides is 1. The molecule has 15 heavy (non-hydrogen) atoms. The molecule has 0 aromatic carbocycles. The Labute approximate surface area is 93.3 Å². The van der Waals surface area contributed by atoms with Crippen molar-refractivity contribution in [3.63, 3.8) is 0 Å². The van der Waals surface area contributed by atoms with Crippen molar-refractivity contribution in [3.8, 4) is 6.07 Å². The number of ether oxygens (including phenoxy) is 1. The molecule has 0 heterocycles. The molecule has 84 valence electrons. The van der Waals surface area contributed by atoms with Gasteiger partial charge < -0.3 is 4.74 Å². The minimum absolute atomic E-state index is 0.333. The molecule has 0 aliphatic heterocycles. The zero-order valence-corrected chi connectivity index (χ0v) is 9.76. The maximum Gasteiger partial charge on any atom is 0.333 e. The summed E-state index contributed by atoms with van der Waals surface area (Å²) in [5, 5.41) is 8.66. The Bertz CT molecular complexity index is 273. The fourth-order valence-electron chi connectivity index (χ4n) is 0.721. The highest BCUT2D eigenvalue weighted by Crippen LogP contribution is 2.04. The summed E-state index contributed by atoms with van der Waals surface area (Å²) >= 11 is 1.14. The van der Waals surface area contributed by atoms with Crippen LogP contribution in [0.25, 0.3) is 0 Å². The second-order valence-electron chi connectivity index (χ2n) is 2.95. The maximum absolute atomic E-state index is 11.3. The summed E-state index contributed by atoms with van der Waals surface area (Å²) in [5.41, 5.74) is 0. The van der Waals surface area contributed by atoms with Crippen LogP contribution in [0, 0.1) is 17.2 Å². The van der Waals surface area contributed by atoms with E-state index in [0.717, 1.165) is 11.9 Å². The molecular formula is C9H14N2O3S. The average Bonchev–Trinajstić information content (AvgIpc) is 2.14. The predicted octanol–water partition coefficient (Wildman–Crippen LogP) is 0.862. The number of hydrogen-bond acceptors (Lipinski definition) is 5. The molecule has 0 spiro atoms. The molecule has 6 heteroatoms. The first-order valence-corrected chi connectivity index (χ1v) is 5.53. The minimum Gasteiger partial charge on any atom is -0.462 e. The lowest BCUT2D eigenvalue weighted by Gasteiger charge is -2.11. The fourth-order valence-corrected chi connectivity index (χ4v) is 1.13. The lowest BCUT2D eigenvalue weighted by Crippen LogP contribution is -2.33. The standard InChI is InChI=1S/C9H14N2O3S/c1-4-15-11-8(12)7(5-10)9(13)14-6(2)3/h6-7H,4H2,1-3H3,(H,11,12). The topological polar surface area (TPSA) is 79.2 Å². The third-order valence-electron chi connectivity index (χ3n) is 1.30. The van der Waals surface area contributed by atoms with Gasteiger partial charge in [0.15, 0.2) is 0 Å². The third kappa shape index (κ3) is 5.27. The Morgan fingerprint density at radius 3 is 2.53 bits per heavy atom. The van der Waals surface area contributed by atoms with Gasteiger partial charge in [-0.15, -0.1) is 0 Å². The molecule has 1 unspecified atom stereocenters. The molecule has 0 aliphatic rings. The van der Waals surface area contributed by atoms with Crippen LogP contribution in [-0.2, 0) is 14.3 Å². The largest absolute Gasteiger partial charge is 0.462 e. The Morgan fingerprint density at radius 1 is 1.53 bits per heavy atom. The van der Waals surface area contributed by atoms with Crippen LogP contribution >= 0.6 is 11.9 Å². The van der Waals surface area contributed by atoms with Crippen molar-refractivity contribution in [1.82, 2.24) is 4.72 Å². The third-order valence-corrected chi connectivity index (χ3v) is 1.93. The van der Waals surface area contributed by atoms with Crippen LogP contribution in [0.5, 0.6) is 0 Å². The molecule has 1 N–H and O–H groups in total. The molecule has 0 radical (unpaired) electrons. The molecule has 0 aliphatic carbocycles. The van der Waals surface area contributed by atoms with Crippen molar-refractivity contribution in [2.45, 2.75) is 26.9 Å². The summed E-state index contributed by atoms with van der Waals surface area (Å²) in [4.78, 5) is 22.6. The Kier molecular flexibility index (Phi) is 6.54. The molecule has 5 nitrogen and oxygen atoms in total. The normalized spacial score (nSPS) is 11.7. The highest BCUT2D eigenvalue weighted by atomic mass is 32.2. The number of nitriles is 1. The summed E-state index contributed by atoms with van der Waals surface area (Å²) in [6.07, 6.45) is -0.333. The van der Waals surface area contributed by atoms with Crippen molar-refractivity contribution in [3.05, 3.63) is 0 Å². The van der Waals surface area contributed by atoms with Crippen molar-refractivity contribution in [2.75, 3.05) is 5.75 Å². The van der Waals surface area contributed by atoms with Gasteiger partial charge in [0.25, 0.3) is 5.91 Å². The van der Waals surface area contributed by atoms with E-state index in [-0.39, 0.29) is 6.10 Å². The predicted molar refractivity (Wildman–Crippen MR) is 56.6 cm³/mol. The van der Waals surface area contributed by atoms with Gasteiger partial charge in [-0.2, -0.15) is 5.26 Å². The van der Waals surface area contributed by atoms with Crippen molar-refractivity contribution in [1.29, 1.82) is 5.26 Å². The molecule has 1 amide bonds. The maximum atomic E-state index is 11.3. The van der Waals surface area contributed by atoms with E-state index in [9.17, 15) is 9.59 Å².